The molecule has 17 heavy (non-hydrogen) atoms. The monoisotopic (exact) mass is 248 g/mol. The first-order chi connectivity index (χ1) is 8.36. The summed E-state index contributed by atoms with van der Waals surface area (Å²) in [6.45, 7) is 0.407. The number of nitrogens with zero attached hydrogens (tertiary/aromatic N) is 3. The first kappa shape index (κ1) is 10.2. The lowest BCUT2D eigenvalue weighted by Crippen LogP contribution is -1.94. The van der Waals surface area contributed by atoms with E-state index in [9.17, 15) is 0 Å². The summed E-state index contributed by atoms with van der Waals surface area (Å²) in [6, 6.07) is 3.53. The maximum absolute atomic E-state index is 5.49. The molecule has 0 spiro atoms. The van der Waals surface area contributed by atoms with Crippen molar-refractivity contribution < 1.29 is 8.94 Å². The SMILES string of the molecule is NCc1nc(-c2nc(-c3ccco3)no2)cs1. The molecule has 3 aromatic heterocycles. The highest BCUT2D eigenvalue weighted by Gasteiger charge is 2.14. The molecule has 6 nitrogen and oxygen atoms in total. The Labute approximate surface area is 100 Å². The van der Waals surface area contributed by atoms with Crippen LogP contribution in [0.25, 0.3) is 23.2 Å². The molecule has 2 N–H and O–H groups in total. The Kier molecular flexibility index (Phi) is 2.46. The molecular weight excluding hydrogens is 240 g/mol. The molecule has 7 heteroatoms. The Morgan fingerprint density at radius 2 is 2.29 bits per heavy atom. The molecule has 0 aliphatic rings. The highest BCUT2D eigenvalue weighted by Crippen LogP contribution is 2.23. The van der Waals surface area contributed by atoms with Gasteiger partial charge in [0.05, 0.1) is 6.26 Å². The lowest BCUT2D eigenvalue weighted by atomic mass is 10.4. The van der Waals surface area contributed by atoms with Crippen LogP contribution in [-0.2, 0) is 6.54 Å². The zero-order valence-electron chi connectivity index (χ0n) is 8.66. The van der Waals surface area contributed by atoms with Crippen LogP contribution < -0.4 is 5.73 Å². The number of hydrogen-bond acceptors (Lipinski definition) is 7. The highest BCUT2D eigenvalue weighted by molar-refractivity contribution is 7.09. The first-order valence-electron chi connectivity index (χ1n) is 4.89. The average Bonchev–Trinajstić information content (AvgIpc) is 3.09. The van der Waals surface area contributed by atoms with Gasteiger partial charge in [0.2, 0.25) is 5.82 Å². The van der Waals surface area contributed by atoms with Gasteiger partial charge in [-0.2, -0.15) is 4.98 Å². The summed E-state index contributed by atoms with van der Waals surface area (Å²) in [5, 5.41) is 6.49. The molecule has 0 bridgehead atoms. The molecule has 0 unspecified atom stereocenters. The lowest BCUT2D eigenvalue weighted by Gasteiger charge is -1.84. The summed E-state index contributed by atoms with van der Waals surface area (Å²) in [5.74, 6) is 1.34. The third-order valence-corrected chi connectivity index (χ3v) is 2.98. The van der Waals surface area contributed by atoms with Crippen LogP contribution in [0.1, 0.15) is 5.01 Å². The van der Waals surface area contributed by atoms with Gasteiger partial charge in [-0.3, -0.25) is 0 Å². The van der Waals surface area contributed by atoms with E-state index < -0.39 is 0 Å². The molecule has 3 rings (SSSR count). The van der Waals surface area contributed by atoms with Crippen LogP contribution in [0, 0.1) is 0 Å². The van der Waals surface area contributed by atoms with Gasteiger partial charge >= 0.3 is 0 Å². The molecular formula is C10H8N4O2S. The Morgan fingerprint density at radius 3 is 3.00 bits per heavy atom. The van der Waals surface area contributed by atoms with Crippen LogP contribution in [0.4, 0.5) is 0 Å². The Balaban J connectivity index is 1.94. The zero-order chi connectivity index (χ0) is 11.7. The number of thiazole rings is 1. The summed E-state index contributed by atoms with van der Waals surface area (Å²) < 4.78 is 10.3. The predicted octanol–water partition coefficient (Wildman–Crippen LogP) is 1.91. The van der Waals surface area contributed by atoms with E-state index in [4.69, 9.17) is 14.7 Å². The third kappa shape index (κ3) is 1.85. The van der Waals surface area contributed by atoms with E-state index in [2.05, 4.69) is 15.1 Å². The van der Waals surface area contributed by atoms with Crippen LogP contribution >= 0.6 is 11.3 Å². The second-order valence-electron chi connectivity index (χ2n) is 3.23. The summed E-state index contributed by atoms with van der Waals surface area (Å²) >= 11 is 1.46. The normalized spacial score (nSPS) is 10.9. The summed E-state index contributed by atoms with van der Waals surface area (Å²) in [6.07, 6.45) is 1.56. The van der Waals surface area contributed by atoms with E-state index in [1.807, 2.05) is 5.38 Å². The van der Waals surface area contributed by atoms with Crippen LogP contribution in [0.2, 0.25) is 0 Å². The van der Waals surface area contributed by atoms with Crippen molar-refractivity contribution in [2.24, 2.45) is 5.73 Å². The van der Waals surface area contributed by atoms with Gasteiger partial charge in [-0.15, -0.1) is 11.3 Å². The Morgan fingerprint density at radius 1 is 1.35 bits per heavy atom. The van der Waals surface area contributed by atoms with E-state index in [0.29, 0.717) is 29.7 Å². The van der Waals surface area contributed by atoms with Crippen LogP contribution in [-0.4, -0.2) is 15.1 Å². The van der Waals surface area contributed by atoms with Crippen molar-refractivity contribution >= 4 is 11.3 Å². The van der Waals surface area contributed by atoms with Crippen molar-refractivity contribution in [3.05, 3.63) is 28.8 Å². The number of nitrogens with two attached hydrogens (primary N) is 1. The van der Waals surface area contributed by atoms with Crippen LogP contribution in [0.3, 0.4) is 0 Å². The van der Waals surface area contributed by atoms with Crippen molar-refractivity contribution in [3.8, 4) is 23.2 Å². The number of hydrogen-bond donors (Lipinski definition) is 1. The van der Waals surface area contributed by atoms with E-state index in [1.165, 1.54) is 11.3 Å². The quantitative estimate of drug-likeness (QED) is 0.761. The molecule has 0 fully saturated rings. The summed E-state index contributed by atoms with van der Waals surface area (Å²) in [5.41, 5.74) is 6.13. The van der Waals surface area contributed by atoms with Crippen LogP contribution in [0.15, 0.2) is 32.7 Å². The van der Waals surface area contributed by atoms with Gasteiger partial charge in [0.25, 0.3) is 5.89 Å². The maximum atomic E-state index is 5.49. The molecule has 86 valence electrons. The van der Waals surface area contributed by atoms with Gasteiger partial charge in [-0.1, -0.05) is 5.16 Å². The number of rotatable bonds is 3. The lowest BCUT2D eigenvalue weighted by molar-refractivity contribution is 0.428. The third-order valence-electron chi connectivity index (χ3n) is 2.11. The van der Waals surface area contributed by atoms with Gasteiger partial charge in [0, 0.05) is 11.9 Å². The van der Waals surface area contributed by atoms with Crippen molar-refractivity contribution in [1.29, 1.82) is 0 Å². The molecule has 0 aliphatic carbocycles. The fraction of sp³-hybridized carbons (Fsp3) is 0.100. The molecule has 0 radical (unpaired) electrons. The zero-order valence-corrected chi connectivity index (χ0v) is 9.48. The summed E-state index contributed by atoms with van der Waals surface area (Å²) in [7, 11) is 0. The maximum Gasteiger partial charge on any atom is 0.277 e. The molecule has 0 atom stereocenters. The topological polar surface area (TPSA) is 91.0 Å². The van der Waals surface area contributed by atoms with Gasteiger partial charge < -0.3 is 14.7 Å². The second-order valence-corrected chi connectivity index (χ2v) is 4.17. The van der Waals surface area contributed by atoms with Gasteiger partial charge in [0.15, 0.2) is 5.76 Å². The molecule has 3 aromatic rings. The first-order valence-corrected chi connectivity index (χ1v) is 5.77. The van der Waals surface area contributed by atoms with Crippen molar-refractivity contribution in [3.63, 3.8) is 0 Å². The molecule has 0 saturated heterocycles. The standard InChI is InChI=1S/C10H8N4O2S/c11-4-8-12-6(5-17-8)10-13-9(14-16-10)7-2-1-3-15-7/h1-3,5H,4,11H2. The van der Waals surface area contributed by atoms with Gasteiger partial charge in [0.1, 0.15) is 10.7 Å². The molecule has 3 heterocycles. The molecule has 0 amide bonds. The van der Waals surface area contributed by atoms with E-state index in [0.717, 1.165) is 5.01 Å². The Bertz CT molecular complexity index is 614. The second kappa shape index (κ2) is 4.11. The van der Waals surface area contributed by atoms with Crippen molar-refractivity contribution in [2.45, 2.75) is 6.54 Å². The van der Waals surface area contributed by atoms with E-state index >= 15 is 0 Å². The molecule has 0 saturated carbocycles. The van der Waals surface area contributed by atoms with Gasteiger partial charge in [-0.05, 0) is 12.1 Å². The average molecular weight is 248 g/mol. The minimum absolute atomic E-state index is 0.368. The fourth-order valence-electron chi connectivity index (χ4n) is 1.34. The fourth-order valence-corrected chi connectivity index (χ4v) is 1.98. The Hall–Kier alpha value is -1.99. The van der Waals surface area contributed by atoms with Crippen molar-refractivity contribution in [1.82, 2.24) is 15.1 Å². The van der Waals surface area contributed by atoms with E-state index in [1.54, 1.807) is 18.4 Å². The van der Waals surface area contributed by atoms with Crippen LogP contribution in [0.5, 0.6) is 0 Å². The minimum atomic E-state index is 0.368. The minimum Gasteiger partial charge on any atom is -0.461 e. The molecule has 0 aromatic carbocycles. The number of aromatic nitrogens is 3. The predicted molar refractivity (Wildman–Crippen MR) is 61.0 cm³/mol. The smallest absolute Gasteiger partial charge is 0.277 e. The summed E-state index contributed by atoms with van der Waals surface area (Å²) in [4.78, 5) is 8.46. The largest absolute Gasteiger partial charge is 0.461 e. The number of furan rings is 1. The van der Waals surface area contributed by atoms with E-state index in [-0.39, 0.29) is 0 Å². The van der Waals surface area contributed by atoms with Crippen molar-refractivity contribution in [2.75, 3.05) is 0 Å². The highest BCUT2D eigenvalue weighted by atomic mass is 32.1. The van der Waals surface area contributed by atoms with Gasteiger partial charge in [-0.25, -0.2) is 4.98 Å². The molecule has 0 aliphatic heterocycles.